The number of aryl methyl sites for hydroxylation is 1. The molecule has 0 spiro atoms. The predicted octanol–water partition coefficient (Wildman–Crippen LogP) is 4.86. The average Bonchev–Trinajstić information content (AvgIpc) is 2.81. The van der Waals surface area contributed by atoms with Gasteiger partial charge in [0.15, 0.2) is 5.78 Å². The molecule has 0 amide bonds. The summed E-state index contributed by atoms with van der Waals surface area (Å²) in [6, 6.07) is 6.63. The van der Waals surface area contributed by atoms with E-state index in [2.05, 4.69) is 15.9 Å². The molecule has 20 heavy (non-hydrogen) atoms. The largest absolute Gasteiger partial charge is 0.293 e. The molecule has 0 N–H and O–H groups in total. The van der Waals surface area contributed by atoms with Crippen molar-refractivity contribution in [2.24, 2.45) is 0 Å². The van der Waals surface area contributed by atoms with Gasteiger partial charge in [0.25, 0.3) is 0 Å². The molecule has 1 aliphatic heterocycles. The van der Waals surface area contributed by atoms with Gasteiger partial charge >= 0.3 is 0 Å². The molecule has 2 heterocycles. The number of benzene rings is 1. The number of carbonyl (C=O) groups is 1. The molecule has 104 valence electrons. The Kier molecular flexibility index (Phi) is 4.29. The first-order valence-electron chi connectivity index (χ1n) is 6.29. The monoisotopic (exact) mass is 370 g/mol. The van der Waals surface area contributed by atoms with Gasteiger partial charge in [-0.25, -0.2) is 4.39 Å². The minimum Gasteiger partial charge on any atom is -0.293 e. The summed E-state index contributed by atoms with van der Waals surface area (Å²) < 4.78 is 14.0. The lowest BCUT2D eigenvalue weighted by atomic mass is 10.1. The number of fused-ring (bicyclic) bond motifs is 1. The molecule has 1 aromatic carbocycles. The van der Waals surface area contributed by atoms with E-state index in [1.807, 2.05) is 17.8 Å². The molecule has 0 radical (unpaired) electrons. The van der Waals surface area contributed by atoms with Gasteiger partial charge in [-0.2, -0.15) is 11.8 Å². The molecule has 1 nitrogen and oxygen atoms in total. The molecular weight excluding hydrogens is 359 g/mol. The van der Waals surface area contributed by atoms with Crippen LogP contribution >= 0.6 is 39.0 Å². The van der Waals surface area contributed by atoms with Crippen molar-refractivity contribution in [1.29, 1.82) is 0 Å². The van der Waals surface area contributed by atoms with Crippen LogP contribution in [0.4, 0.5) is 4.39 Å². The number of thioether (sulfide) groups is 1. The summed E-state index contributed by atoms with van der Waals surface area (Å²) in [6.45, 7) is 0. The summed E-state index contributed by atoms with van der Waals surface area (Å²) in [5.41, 5.74) is 2.01. The van der Waals surface area contributed by atoms with E-state index in [0.717, 1.165) is 22.8 Å². The van der Waals surface area contributed by atoms with E-state index in [1.54, 1.807) is 17.4 Å². The number of thiophene rings is 1. The number of rotatable bonds is 3. The highest BCUT2D eigenvalue weighted by Crippen LogP contribution is 2.32. The van der Waals surface area contributed by atoms with Crippen LogP contribution in [0.3, 0.4) is 0 Å². The van der Waals surface area contributed by atoms with Crippen molar-refractivity contribution in [1.82, 2.24) is 0 Å². The highest BCUT2D eigenvalue weighted by Gasteiger charge is 2.18. The van der Waals surface area contributed by atoms with Gasteiger partial charge in [-0.15, -0.1) is 11.3 Å². The van der Waals surface area contributed by atoms with Gasteiger partial charge in [0, 0.05) is 21.5 Å². The van der Waals surface area contributed by atoms with Gasteiger partial charge in [-0.05, 0) is 47.6 Å². The standard InChI is InChI=1S/C15H12BrFOS2/c16-11-3-9(4-12(17)7-11)5-13(18)15-6-10-8-19-2-1-14(10)20-15/h3-4,6-7H,1-2,5,8H2. The zero-order valence-electron chi connectivity index (χ0n) is 10.6. The van der Waals surface area contributed by atoms with Gasteiger partial charge in [-0.3, -0.25) is 4.79 Å². The van der Waals surface area contributed by atoms with Gasteiger partial charge in [-0.1, -0.05) is 15.9 Å². The van der Waals surface area contributed by atoms with Crippen molar-refractivity contribution in [2.75, 3.05) is 5.75 Å². The van der Waals surface area contributed by atoms with Crippen LogP contribution in [0.5, 0.6) is 0 Å². The van der Waals surface area contributed by atoms with Crippen molar-refractivity contribution in [2.45, 2.75) is 18.6 Å². The Balaban J connectivity index is 1.80. The van der Waals surface area contributed by atoms with Crippen LogP contribution < -0.4 is 0 Å². The van der Waals surface area contributed by atoms with Crippen LogP contribution in [0.15, 0.2) is 28.7 Å². The third kappa shape index (κ3) is 3.15. The molecule has 1 aliphatic rings. The van der Waals surface area contributed by atoms with E-state index in [9.17, 15) is 9.18 Å². The average molecular weight is 371 g/mol. The quantitative estimate of drug-likeness (QED) is 0.717. The van der Waals surface area contributed by atoms with Crippen molar-refractivity contribution >= 4 is 44.8 Å². The summed E-state index contributed by atoms with van der Waals surface area (Å²) >= 11 is 6.77. The predicted molar refractivity (Wildman–Crippen MR) is 86.3 cm³/mol. The molecule has 5 heteroatoms. The number of ketones is 1. The maximum Gasteiger partial charge on any atom is 0.177 e. The SMILES string of the molecule is O=C(Cc1cc(F)cc(Br)c1)c1cc2c(s1)CCSC2. The molecule has 0 atom stereocenters. The molecule has 1 aromatic heterocycles. The third-order valence-corrected chi connectivity index (χ3v) is 5.93. The lowest BCUT2D eigenvalue weighted by Gasteiger charge is -2.08. The summed E-state index contributed by atoms with van der Waals surface area (Å²) in [4.78, 5) is 14.5. The molecule has 0 saturated heterocycles. The molecule has 0 fully saturated rings. The second-order valence-electron chi connectivity index (χ2n) is 4.74. The first-order valence-corrected chi connectivity index (χ1v) is 9.06. The van der Waals surface area contributed by atoms with Crippen molar-refractivity contribution in [3.63, 3.8) is 0 Å². The molecule has 3 rings (SSSR count). The Hall–Kier alpha value is -0.650. The topological polar surface area (TPSA) is 17.1 Å². The lowest BCUT2D eigenvalue weighted by molar-refractivity contribution is 0.0996. The molecule has 0 saturated carbocycles. The lowest BCUT2D eigenvalue weighted by Crippen LogP contribution is -2.01. The normalized spacial score (nSPS) is 14.1. The highest BCUT2D eigenvalue weighted by atomic mass is 79.9. The smallest absolute Gasteiger partial charge is 0.177 e. The van der Waals surface area contributed by atoms with E-state index >= 15 is 0 Å². The maximum absolute atomic E-state index is 13.3. The number of hydrogen-bond acceptors (Lipinski definition) is 3. The fraction of sp³-hybridized carbons (Fsp3) is 0.267. The number of halogens is 2. The highest BCUT2D eigenvalue weighted by molar-refractivity contribution is 9.10. The molecule has 2 aromatic rings. The van der Waals surface area contributed by atoms with Crippen LogP contribution in [0.1, 0.15) is 25.7 Å². The van der Waals surface area contributed by atoms with Gasteiger partial charge in [0.2, 0.25) is 0 Å². The number of carbonyl (C=O) groups excluding carboxylic acids is 1. The molecule has 0 bridgehead atoms. The van der Waals surface area contributed by atoms with Crippen molar-refractivity contribution < 1.29 is 9.18 Å². The Morgan fingerprint density at radius 2 is 2.15 bits per heavy atom. The number of Topliss-reactive ketones (excluding diaryl/α,β-unsaturated/α-hetero) is 1. The Morgan fingerprint density at radius 3 is 2.90 bits per heavy atom. The molecular formula is C15H12BrFOS2. The minimum atomic E-state index is -0.316. The maximum atomic E-state index is 13.3. The van der Waals surface area contributed by atoms with E-state index in [-0.39, 0.29) is 18.0 Å². The first kappa shape index (κ1) is 14.3. The summed E-state index contributed by atoms with van der Waals surface area (Å²) in [7, 11) is 0. The third-order valence-electron chi connectivity index (χ3n) is 3.19. The fourth-order valence-electron chi connectivity index (χ4n) is 2.27. The van der Waals surface area contributed by atoms with Crippen LogP contribution in [0, 0.1) is 5.82 Å². The summed E-state index contributed by atoms with van der Waals surface area (Å²) in [6.07, 6.45) is 1.31. The van der Waals surface area contributed by atoms with Crippen LogP contribution in [0.25, 0.3) is 0 Å². The van der Waals surface area contributed by atoms with Gasteiger partial charge < -0.3 is 0 Å². The Morgan fingerprint density at radius 1 is 1.30 bits per heavy atom. The van der Waals surface area contributed by atoms with Crippen LogP contribution in [-0.4, -0.2) is 11.5 Å². The van der Waals surface area contributed by atoms with E-state index in [4.69, 9.17) is 0 Å². The second kappa shape index (κ2) is 6.00. The second-order valence-corrected chi connectivity index (χ2v) is 7.90. The van der Waals surface area contributed by atoms with Crippen LogP contribution in [0.2, 0.25) is 0 Å². The zero-order valence-corrected chi connectivity index (χ0v) is 13.8. The first-order chi connectivity index (χ1) is 9.61. The van der Waals surface area contributed by atoms with E-state index < -0.39 is 0 Å². The van der Waals surface area contributed by atoms with Gasteiger partial charge in [0.05, 0.1) is 4.88 Å². The van der Waals surface area contributed by atoms with Gasteiger partial charge in [0.1, 0.15) is 5.82 Å². The summed E-state index contributed by atoms with van der Waals surface area (Å²) in [5.74, 6) is 1.90. The van der Waals surface area contributed by atoms with Crippen LogP contribution in [-0.2, 0) is 18.6 Å². The van der Waals surface area contributed by atoms with Crippen molar-refractivity contribution in [3.05, 3.63) is 55.4 Å². The Labute approximate surface area is 133 Å². The Bertz CT molecular complexity index is 622. The van der Waals surface area contributed by atoms with E-state index in [1.165, 1.54) is 22.6 Å². The van der Waals surface area contributed by atoms with Crippen molar-refractivity contribution in [3.8, 4) is 0 Å². The molecule has 0 unspecified atom stereocenters. The van der Waals surface area contributed by atoms with E-state index in [0.29, 0.717) is 10.0 Å². The summed E-state index contributed by atoms with van der Waals surface area (Å²) in [5, 5.41) is 0. The fourth-order valence-corrected chi connectivity index (χ4v) is 5.09. The minimum absolute atomic E-state index is 0.0758. The molecule has 0 aliphatic carbocycles. The number of hydrogen-bond donors (Lipinski definition) is 0. The zero-order chi connectivity index (χ0) is 14.1.